The molecule has 5 heteroatoms. The van der Waals surface area contributed by atoms with E-state index in [1.807, 2.05) is 54.6 Å². The molecular formula is C23H22N2O3. The zero-order chi connectivity index (χ0) is 19.3. The van der Waals surface area contributed by atoms with Gasteiger partial charge >= 0.3 is 5.97 Å². The number of amides is 1. The Labute approximate surface area is 164 Å². The van der Waals surface area contributed by atoms with Crippen LogP contribution in [0.2, 0.25) is 0 Å². The highest BCUT2D eigenvalue weighted by Crippen LogP contribution is 2.19. The van der Waals surface area contributed by atoms with Crippen LogP contribution >= 0.6 is 0 Å². The average Bonchev–Trinajstić information content (AvgIpc) is 2.77. The molecule has 5 nitrogen and oxygen atoms in total. The van der Waals surface area contributed by atoms with E-state index in [1.54, 1.807) is 11.0 Å². The van der Waals surface area contributed by atoms with Crippen molar-refractivity contribution in [2.75, 3.05) is 37.7 Å². The number of fused-ring (bicyclic) bond motifs is 1. The molecule has 4 rings (SSSR count). The summed E-state index contributed by atoms with van der Waals surface area (Å²) in [6, 6.07) is 23.3. The predicted molar refractivity (Wildman–Crippen MR) is 109 cm³/mol. The van der Waals surface area contributed by atoms with E-state index in [0.29, 0.717) is 18.7 Å². The molecule has 28 heavy (non-hydrogen) atoms. The van der Waals surface area contributed by atoms with E-state index in [0.717, 1.165) is 29.5 Å². The van der Waals surface area contributed by atoms with Crippen molar-refractivity contribution in [2.45, 2.75) is 0 Å². The molecule has 1 aliphatic heterocycles. The van der Waals surface area contributed by atoms with Gasteiger partial charge in [0.25, 0.3) is 5.91 Å². The van der Waals surface area contributed by atoms with Crippen molar-refractivity contribution < 1.29 is 14.3 Å². The molecule has 0 aromatic heterocycles. The first-order chi connectivity index (χ1) is 13.7. The molecule has 1 saturated heterocycles. The van der Waals surface area contributed by atoms with Crippen LogP contribution in [0.4, 0.5) is 5.69 Å². The molecule has 0 aliphatic carbocycles. The Morgan fingerprint density at radius 3 is 2.25 bits per heavy atom. The third-order valence-electron chi connectivity index (χ3n) is 5.09. The number of para-hydroxylation sites is 1. The molecule has 1 aliphatic rings. The van der Waals surface area contributed by atoms with Crippen LogP contribution in [-0.4, -0.2) is 49.6 Å². The number of piperazine rings is 1. The maximum atomic E-state index is 12.5. The summed E-state index contributed by atoms with van der Waals surface area (Å²) in [4.78, 5) is 29.0. The zero-order valence-electron chi connectivity index (χ0n) is 15.6. The highest BCUT2D eigenvalue weighted by Gasteiger charge is 2.22. The predicted octanol–water partition coefficient (Wildman–Crippen LogP) is 3.35. The molecule has 0 N–H and O–H groups in total. The van der Waals surface area contributed by atoms with Crippen molar-refractivity contribution in [3.63, 3.8) is 0 Å². The first kappa shape index (κ1) is 18.0. The summed E-state index contributed by atoms with van der Waals surface area (Å²) in [7, 11) is 0. The highest BCUT2D eigenvalue weighted by atomic mass is 16.5. The molecule has 0 radical (unpaired) electrons. The van der Waals surface area contributed by atoms with Gasteiger partial charge in [0.15, 0.2) is 6.61 Å². The lowest BCUT2D eigenvalue weighted by Gasteiger charge is -2.36. The fraction of sp³-hybridized carbons (Fsp3) is 0.217. The maximum Gasteiger partial charge on any atom is 0.339 e. The van der Waals surface area contributed by atoms with E-state index >= 15 is 0 Å². The van der Waals surface area contributed by atoms with Crippen molar-refractivity contribution in [1.82, 2.24) is 4.90 Å². The van der Waals surface area contributed by atoms with Gasteiger partial charge in [0, 0.05) is 31.9 Å². The van der Waals surface area contributed by atoms with Gasteiger partial charge in [-0.25, -0.2) is 4.79 Å². The first-order valence-electron chi connectivity index (χ1n) is 9.45. The molecule has 0 saturated carbocycles. The van der Waals surface area contributed by atoms with Gasteiger partial charge in [-0.3, -0.25) is 4.79 Å². The number of carbonyl (C=O) groups is 2. The number of benzene rings is 3. The molecule has 0 unspecified atom stereocenters. The molecule has 142 valence electrons. The highest BCUT2D eigenvalue weighted by molar-refractivity contribution is 6.04. The fourth-order valence-electron chi connectivity index (χ4n) is 3.55. The van der Waals surface area contributed by atoms with Gasteiger partial charge in [-0.15, -0.1) is 0 Å². The van der Waals surface area contributed by atoms with Gasteiger partial charge < -0.3 is 14.5 Å². The van der Waals surface area contributed by atoms with Crippen LogP contribution in [0.1, 0.15) is 10.4 Å². The molecule has 0 spiro atoms. The Balaban J connectivity index is 1.33. The van der Waals surface area contributed by atoms with Gasteiger partial charge in [-0.2, -0.15) is 0 Å². The largest absolute Gasteiger partial charge is 0.452 e. The number of anilines is 1. The normalized spacial score (nSPS) is 14.1. The average molecular weight is 374 g/mol. The Morgan fingerprint density at radius 1 is 0.786 bits per heavy atom. The minimum absolute atomic E-state index is 0.152. The Bertz CT molecular complexity index is 974. The van der Waals surface area contributed by atoms with Gasteiger partial charge in [-0.1, -0.05) is 54.6 Å². The quantitative estimate of drug-likeness (QED) is 0.657. The van der Waals surface area contributed by atoms with Crippen LogP contribution in [0.25, 0.3) is 10.8 Å². The molecule has 0 bridgehead atoms. The summed E-state index contributed by atoms with van der Waals surface area (Å²) in [5.41, 5.74) is 1.65. The summed E-state index contributed by atoms with van der Waals surface area (Å²) < 4.78 is 5.32. The summed E-state index contributed by atoms with van der Waals surface area (Å²) in [5.74, 6) is -0.616. The van der Waals surface area contributed by atoms with E-state index in [1.165, 1.54) is 0 Å². The molecular weight excluding hydrogens is 352 g/mol. The smallest absolute Gasteiger partial charge is 0.339 e. The van der Waals surface area contributed by atoms with E-state index in [2.05, 4.69) is 17.0 Å². The van der Waals surface area contributed by atoms with Crippen LogP contribution in [-0.2, 0) is 9.53 Å². The Hall–Kier alpha value is -3.34. The van der Waals surface area contributed by atoms with Crippen molar-refractivity contribution in [2.24, 2.45) is 0 Å². The van der Waals surface area contributed by atoms with E-state index < -0.39 is 5.97 Å². The van der Waals surface area contributed by atoms with E-state index in [9.17, 15) is 9.59 Å². The van der Waals surface area contributed by atoms with Crippen LogP contribution in [0, 0.1) is 0 Å². The van der Waals surface area contributed by atoms with E-state index in [4.69, 9.17) is 4.74 Å². The van der Waals surface area contributed by atoms with Crippen LogP contribution < -0.4 is 4.90 Å². The monoisotopic (exact) mass is 374 g/mol. The second-order valence-electron chi connectivity index (χ2n) is 6.81. The third-order valence-corrected chi connectivity index (χ3v) is 5.09. The lowest BCUT2D eigenvalue weighted by Crippen LogP contribution is -2.49. The van der Waals surface area contributed by atoms with Crippen molar-refractivity contribution >= 4 is 28.3 Å². The lowest BCUT2D eigenvalue weighted by atomic mass is 10.1. The molecule has 1 fully saturated rings. The van der Waals surface area contributed by atoms with Crippen LogP contribution in [0.3, 0.4) is 0 Å². The summed E-state index contributed by atoms with van der Waals surface area (Å²) in [5, 5.41) is 1.80. The number of rotatable bonds is 4. The number of hydrogen-bond acceptors (Lipinski definition) is 4. The zero-order valence-corrected chi connectivity index (χ0v) is 15.6. The minimum Gasteiger partial charge on any atom is -0.452 e. The molecule has 0 atom stereocenters. The van der Waals surface area contributed by atoms with Gasteiger partial charge in [-0.05, 0) is 29.0 Å². The second kappa shape index (κ2) is 8.13. The number of hydrogen-bond donors (Lipinski definition) is 0. The Morgan fingerprint density at radius 2 is 1.46 bits per heavy atom. The van der Waals surface area contributed by atoms with Crippen LogP contribution in [0.5, 0.6) is 0 Å². The molecule has 1 heterocycles. The molecule has 1 amide bonds. The van der Waals surface area contributed by atoms with Crippen molar-refractivity contribution in [3.8, 4) is 0 Å². The molecule has 3 aromatic carbocycles. The van der Waals surface area contributed by atoms with Crippen molar-refractivity contribution in [1.29, 1.82) is 0 Å². The lowest BCUT2D eigenvalue weighted by molar-refractivity contribution is -0.134. The number of ether oxygens (including phenoxy) is 1. The van der Waals surface area contributed by atoms with Crippen molar-refractivity contribution in [3.05, 3.63) is 78.4 Å². The number of esters is 1. The summed E-state index contributed by atoms with van der Waals surface area (Å²) in [6.07, 6.45) is 0. The van der Waals surface area contributed by atoms with Gasteiger partial charge in [0.05, 0.1) is 5.56 Å². The minimum atomic E-state index is -0.465. The maximum absolute atomic E-state index is 12.5. The SMILES string of the molecule is O=C(OCC(=O)N1CCN(c2ccccc2)CC1)c1cccc2ccccc12. The molecule has 3 aromatic rings. The van der Waals surface area contributed by atoms with Gasteiger partial charge in [0.1, 0.15) is 0 Å². The fourth-order valence-corrected chi connectivity index (χ4v) is 3.55. The number of nitrogens with zero attached hydrogens (tertiary/aromatic N) is 2. The Kier molecular flexibility index (Phi) is 5.24. The van der Waals surface area contributed by atoms with Gasteiger partial charge in [0.2, 0.25) is 0 Å². The standard InChI is InChI=1S/C23H22N2O3/c26-22(25-15-13-24(14-16-25)19-9-2-1-3-10-19)17-28-23(27)21-12-6-8-18-7-4-5-11-20(18)21/h1-12H,13-17H2. The summed E-state index contributed by atoms with van der Waals surface area (Å²) >= 11 is 0. The second-order valence-corrected chi connectivity index (χ2v) is 6.81. The van der Waals surface area contributed by atoms with Crippen LogP contribution in [0.15, 0.2) is 72.8 Å². The number of carbonyl (C=O) groups excluding carboxylic acids is 2. The first-order valence-corrected chi connectivity index (χ1v) is 9.45. The van der Waals surface area contributed by atoms with E-state index in [-0.39, 0.29) is 12.5 Å². The topological polar surface area (TPSA) is 49.9 Å². The summed E-state index contributed by atoms with van der Waals surface area (Å²) in [6.45, 7) is 2.56. The third kappa shape index (κ3) is 3.83.